The molecule has 100 valence electrons. The minimum absolute atomic E-state index is 0.00204. The molecule has 1 saturated heterocycles. The van der Waals surface area contributed by atoms with Gasteiger partial charge in [-0.05, 0) is 35.8 Å². The van der Waals surface area contributed by atoms with Crippen LogP contribution < -0.4 is 10.6 Å². The lowest BCUT2D eigenvalue weighted by Crippen LogP contribution is -2.53. The zero-order valence-corrected chi connectivity index (χ0v) is 12.0. The summed E-state index contributed by atoms with van der Waals surface area (Å²) in [4.78, 5) is 19.1. The van der Waals surface area contributed by atoms with Crippen LogP contribution in [0.4, 0.5) is 0 Å². The molecular formula is C11H17BrN4O2. The first kappa shape index (κ1) is 13.5. The highest BCUT2D eigenvalue weighted by atomic mass is 79.9. The van der Waals surface area contributed by atoms with Crippen molar-refractivity contribution >= 4 is 21.8 Å². The van der Waals surface area contributed by atoms with Gasteiger partial charge in [-0.2, -0.15) is 0 Å². The van der Waals surface area contributed by atoms with Crippen LogP contribution in [0.2, 0.25) is 0 Å². The molecule has 2 atom stereocenters. The summed E-state index contributed by atoms with van der Waals surface area (Å²) in [6, 6.07) is 0.0212. The van der Waals surface area contributed by atoms with E-state index in [1.165, 1.54) is 0 Å². The second kappa shape index (κ2) is 5.81. The number of halogens is 1. The van der Waals surface area contributed by atoms with Gasteiger partial charge in [-0.25, -0.2) is 4.98 Å². The molecule has 0 saturated carbocycles. The molecule has 0 aliphatic carbocycles. The summed E-state index contributed by atoms with van der Waals surface area (Å²) in [6.07, 6.45) is 0.854. The molecule has 0 spiro atoms. The lowest BCUT2D eigenvalue weighted by atomic mass is 10.0. The SMILES string of the molecule is COC1CNCCC1NC(=O)c1nc(Br)c(C)[nH]1. The van der Waals surface area contributed by atoms with Gasteiger partial charge in [0.15, 0.2) is 5.82 Å². The molecule has 18 heavy (non-hydrogen) atoms. The van der Waals surface area contributed by atoms with E-state index < -0.39 is 0 Å². The first-order valence-electron chi connectivity index (χ1n) is 5.88. The Balaban J connectivity index is 2.01. The fraction of sp³-hybridized carbons (Fsp3) is 0.636. The van der Waals surface area contributed by atoms with Gasteiger partial charge in [-0.3, -0.25) is 4.79 Å². The summed E-state index contributed by atoms with van der Waals surface area (Å²) in [5, 5.41) is 6.19. The molecule has 7 heteroatoms. The number of nitrogens with one attached hydrogen (secondary N) is 3. The van der Waals surface area contributed by atoms with Gasteiger partial charge in [-0.15, -0.1) is 0 Å². The third-order valence-electron chi connectivity index (χ3n) is 3.09. The van der Waals surface area contributed by atoms with Gasteiger partial charge >= 0.3 is 0 Å². The Kier molecular flexibility index (Phi) is 4.36. The number of amides is 1. The summed E-state index contributed by atoms with van der Waals surface area (Å²) in [5.74, 6) is 0.130. The number of aromatic amines is 1. The predicted octanol–water partition coefficient (Wildman–Crippen LogP) is 0.587. The Morgan fingerprint density at radius 1 is 1.61 bits per heavy atom. The number of methoxy groups -OCH3 is 1. The average molecular weight is 317 g/mol. The van der Waals surface area contributed by atoms with Crippen molar-refractivity contribution in [1.82, 2.24) is 20.6 Å². The fourth-order valence-electron chi connectivity index (χ4n) is 2.03. The quantitative estimate of drug-likeness (QED) is 0.762. The molecule has 1 fully saturated rings. The lowest BCUT2D eigenvalue weighted by molar-refractivity contribution is 0.0473. The van der Waals surface area contributed by atoms with Crippen molar-refractivity contribution in [3.05, 3.63) is 16.1 Å². The van der Waals surface area contributed by atoms with E-state index in [9.17, 15) is 4.79 Å². The number of imidazole rings is 1. The molecule has 2 rings (SSSR count). The smallest absolute Gasteiger partial charge is 0.287 e. The monoisotopic (exact) mass is 316 g/mol. The number of H-pyrrole nitrogens is 1. The maximum Gasteiger partial charge on any atom is 0.287 e. The van der Waals surface area contributed by atoms with Crippen molar-refractivity contribution in [2.75, 3.05) is 20.2 Å². The number of ether oxygens (including phenoxy) is 1. The molecule has 3 N–H and O–H groups in total. The Morgan fingerprint density at radius 3 is 3.00 bits per heavy atom. The van der Waals surface area contributed by atoms with Gasteiger partial charge in [0.25, 0.3) is 5.91 Å². The van der Waals surface area contributed by atoms with Gasteiger partial charge < -0.3 is 20.4 Å². The summed E-state index contributed by atoms with van der Waals surface area (Å²) in [6.45, 7) is 3.49. The maximum atomic E-state index is 12.0. The summed E-state index contributed by atoms with van der Waals surface area (Å²) >= 11 is 3.28. The molecule has 1 aromatic heterocycles. The van der Waals surface area contributed by atoms with Crippen molar-refractivity contribution in [2.24, 2.45) is 0 Å². The van der Waals surface area contributed by atoms with E-state index in [0.29, 0.717) is 10.4 Å². The number of carbonyl (C=O) groups is 1. The number of carbonyl (C=O) groups excluding carboxylic acids is 1. The van der Waals surface area contributed by atoms with E-state index in [-0.39, 0.29) is 18.1 Å². The molecule has 1 aliphatic rings. The molecule has 1 amide bonds. The summed E-state index contributed by atoms with van der Waals surface area (Å²) in [5.41, 5.74) is 0.841. The third-order valence-corrected chi connectivity index (χ3v) is 3.86. The van der Waals surface area contributed by atoms with Crippen LogP contribution in [-0.2, 0) is 4.74 Å². The van der Waals surface area contributed by atoms with E-state index in [0.717, 1.165) is 25.2 Å². The highest BCUT2D eigenvalue weighted by Crippen LogP contribution is 2.13. The summed E-state index contributed by atoms with van der Waals surface area (Å²) < 4.78 is 6.02. The van der Waals surface area contributed by atoms with Crippen molar-refractivity contribution in [3.8, 4) is 0 Å². The second-order valence-electron chi connectivity index (χ2n) is 4.35. The van der Waals surface area contributed by atoms with Gasteiger partial charge in [0.05, 0.1) is 12.1 Å². The van der Waals surface area contributed by atoms with Crippen LogP contribution in [0.3, 0.4) is 0 Å². The molecule has 0 aromatic carbocycles. The van der Waals surface area contributed by atoms with Crippen molar-refractivity contribution in [2.45, 2.75) is 25.5 Å². The molecule has 0 bridgehead atoms. The second-order valence-corrected chi connectivity index (χ2v) is 5.10. The van der Waals surface area contributed by atoms with E-state index in [1.54, 1.807) is 7.11 Å². The molecule has 2 unspecified atom stereocenters. The standard InChI is InChI=1S/C11H17BrN4O2/c1-6-9(12)16-10(14-6)11(17)15-7-3-4-13-5-8(7)18-2/h7-8,13H,3-5H2,1-2H3,(H,14,16)(H,15,17). The van der Waals surface area contributed by atoms with Crippen molar-refractivity contribution < 1.29 is 9.53 Å². The zero-order chi connectivity index (χ0) is 13.1. The van der Waals surface area contributed by atoms with Crippen LogP contribution >= 0.6 is 15.9 Å². The molecular weight excluding hydrogens is 300 g/mol. The van der Waals surface area contributed by atoms with Crippen LogP contribution in [0.15, 0.2) is 4.60 Å². The molecule has 6 nitrogen and oxygen atoms in total. The van der Waals surface area contributed by atoms with Gasteiger partial charge in [0, 0.05) is 19.3 Å². The van der Waals surface area contributed by atoms with Crippen LogP contribution in [0, 0.1) is 6.92 Å². The Morgan fingerprint density at radius 2 is 2.39 bits per heavy atom. The highest BCUT2D eigenvalue weighted by Gasteiger charge is 2.27. The number of aromatic nitrogens is 2. The number of rotatable bonds is 3. The topological polar surface area (TPSA) is 79.0 Å². The number of piperidine rings is 1. The minimum atomic E-state index is -0.197. The predicted molar refractivity (Wildman–Crippen MR) is 70.6 cm³/mol. The van der Waals surface area contributed by atoms with Crippen LogP contribution in [-0.4, -0.2) is 48.2 Å². The highest BCUT2D eigenvalue weighted by molar-refractivity contribution is 9.10. The Labute approximate surface area is 114 Å². The average Bonchev–Trinajstić information content (AvgIpc) is 2.70. The minimum Gasteiger partial charge on any atom is -0.378 e. The van der Waals surface area contributed by atoms with Crippen molar-refractivity contribution in [3.63, 3.8) is 0 Å². The van der Waals surface area contributed by atoms with E-state index in [4.69, 9.17) is 4.74 Å². The van der Waals surface area contributed by atoms with Crippen LogP contribution in [0.25, 0.3) is 0 Å². The first-order valence-corrected chi connectivity index (χ1v) is 6.67. The Bertz CT molecular complexity index is 415. The van der Waals surface area contributed by atoms with E-state index in [2.05, 4.69) is 36.5 Å². The van der Waals surface area contributed by atoms with Gasteiger partial charge in [-0.1, -0.05) is 0 Å². The number of hydrogen-bond donors (Lipinski definition) is 3. The first-order chi connectivity index (χ1) is 8.61. The van der Waals surface area contributed by atoms with Crippen molar-refractivity contribution in [1.29, 1.82) is 0 Å². The number of aryl methyl sites for hydroxylation is 1. The van der Waals surface area contributed by atoms with Gasteiger partial charge in [0.2, 0.25) is 0 Å². The molecule has 1 aliphatic heterocycles. The lowest BCUT2D eigenvalue weighted by Gasteiger charge is -2.31. The molecule has 2 heterocycles. The van der Waals surface area contributed by atoms with E-state index in [1.807, 2.05) is 6.92 Å². The van der Waals surface area contributed by atoms with Gasteiger partial charge in [0.1, 0.15) is 4.60 Å². The Hall–Kier alpha value is -0.920. The zero-order valence-electron chi connectivity index (χ0n) is 10.4. The van der Waals surface area contributed by atoms with Crippen LogP contribution in [0.1, 0.15) is 22.7 Å². The number of hydrogen-bond acceptors (Lipinski definition) is 4. The maximum absolute atomic E-state index is 12.0. The van der Waals surface area contributed by atoms with E-state index >= 15 is 0 Å². The number of nitrogens with zero attached hydrogens (tertiary/aromatic N) is 1. The fourth-order valence-corrected chi connectivity index (χ4v) is 2.30. The largest absolute Gasteiger partial charge is 0.378 e. The normalized spacial score (nSPS) is 23.9. The third kappa shape index (κ3) is 2.90. The summed E-state index contributed by atoms with van der Waals surface area (Å²) in [7, 11) is 1.66. The molecule has 1 aromatic rings. The van der Waals surface area contributed by atoms with Crippen LogP contribution in [0.5, 0.6) is 0 Å². The molecule has 0 radical (unpaired) electrons.